The van der Waals surface area contributed by atoms with E-state index in [0.29, 0.717) is 18.0 Å². The third kappa shape index (κ3) is 4.63. The third-order valence-corrected chi connectivity index (χ3v) is 6.12. The van der Waals surface area contributed by atoms with E-state index in [2.05, 4.69) is 9.62 Å². The van der Waals surface area contributed by atoms with Gasteiger partial charge in [0.15, 0.2) is 0 Å². The fourth-order valence-electron chi connectivity index (χ4n) is 3.34. The molecular formula is C20H26N2O3S. The monoisotopic (exact) mass is 374 g/mol. The van der Waals surface area contributed by atoms with E-state index in [4.69, 9.17) is 4.74 Å². The minimum absolute atomic E-state index is 0.0201. The zero-order valence-corrected chi connectivity index (χ0v) is 15.9. The number of nitrogens with zero attached hydrogens (tertiary/aromatic N) is 1. The number of hydrogen-bond donors (Lipinski definition) is 1. The van der Waals surface area contributed by atoms with Gasteiger partial charge < -0.3 is 4.74 Å². The second-order valence-electron chi connectivity index (χ2n) is 6.43. The first-order valence-corrected chi connectivity index (χ1v) is 10.6. The van der Waals surface area contributed by atoms with Crippen LogP contribution in [0.5, 0.6) is 5.75 Å². The van der Waals surface area contributed by atoms with Crippen LogP contribution < -0.4 is 9.46 Å². The maximum Gasteiger partial charge on any atom is 0.240 e. The lowest BCUT2D eigenvalue weighted by Gasteiger charge is -2.28. The number of rotatable bonds is 8. The Morgan fingerprint density at radius 3 is 2.31 bits per heavy atom. The van der Waals surface area contributed by atoms with Crippen molar-refractivity contribution < 1.29 is 13.2 Å². The van der Waals surface area contributed by atoms with E-state index in [0.717, 1.165) is 37.2 Å². The van der Waals surface area contributed by atoms with Gasteiger partial charge in [-0.1, -0.05) is 30.3 Å². The SMILES string of the molecule is CCOc1ccc(C(CNS(=O)(=O)c2ccccc2)N2CCCC2)cc1. The van der Waals surface area contributed by atoms with Gasteiger partial charge in [-0.15, -0.1) is 0 Å². The fourth-order valence-corrected chi connectivity index (χ4v) is 4.39. The Morgan fingerprint density at radius 2 is 1.69 bits per heavy atom. The molecule has 1 saturated heterocycles. The summed E-state index contributed by atoms with van der Waals surface area (Å²) in [7, 11) is -3.51. The van der Waals surface area contributed by atoms with Crippen LogP contribution in [0, 0.1) is 0 Å². The molecule has 1 unspecified atom stereocenters. The van der Waals surface area contributed by atoms with Crippen molar-refractivity contribution in [2.45, 2.75) is 30.7 Å². The van der Waals surface area contributed by atoms with Gasteiger partial charge in [0.1, 0.15) is 5.75 Å². The zero-order chi connectivity index (χ0) is 18.4. The van der Waals surface area contributed by atoms with Gasteiger partial charge in [-0.05, 0) is 62.7 Å². The summed E-state index contributed by atoms with van der Waals surface area (Å²) in [4.78, 5) is 2.65. The van der Waals surface area contributed by atoms with Crippen LogP contribution in [0.3, 0.4) is 0 Å². The molecule has 0 amide bonds. The Labute approximate surface area is 156 Å². The van der Waals surface area contributed by atoms with Crippen LogP contribution in [0.15, 0.2) is 59.5 Å². The predicted octanol–water partition coefficient (Wildman–Crippen LogP) is 3.20. The van der Waals surface area contributed by atoms with E-state index in [1.54, 1.807) is 24.3 Å². The molecule has 2 aromatic rings. The molecule has 0 spiro atoms. The lowest BCUT2D eigenvalue weighted by Crippen LogP contribution is -2.36. The van der Waals surface area contributed by atoms with Gasteiger partial charge >= 0.3 is 0 Å². The van der Waals surface area contributed by atoms with E-state index in [1.807, 2.05) is 37.3 Å². The number of sulfonamides is 1. The van der Waals surface area contributed by atoms with Crippen molar-refractivity contribution in [1.29, 1.82) is 0 Å². The van der Waals surface area contributed by atoms with Crippen molar-refractivity contribution >= 4 is 10.0 Å². The van der Waals surface area contributed by atoms with Gasteiger partial charge in [-0.3, -0.25) is 4.90 Å². The fraction of sp³-hybridized carbons (Fsp3) is 0.400. The molecule has 0 aliphatic carbocycles. The van der Waals surface area contributed by atoms with E-state index in [-0.39, 0.29) is 6.04 Å². The summed E-state index contributed by atoms with van der Waals surface area (Å²) >= 11 is 0. The Hall–Kier alpha value is -1.89. The number of ether oxygens (including phenoxy) is 1. The molecule has 1 aliphatic rings. The number of nitrogens with one attached hydrogen (secondary N) is 1. The number of hydrogen-bond acceptors (Lipinski definition) is 4. The minimum Gasteiger partial charge on any atom is -0.494 e. The summed E-state index contributed by atoms with van der Waals surface area (Å²) in [6.07, 6.45) is 2.30. The summed E-state index contributed by atoms with van der Waals surface area (Å²) in [6.45, 7) is 4.92. The van der Waals surface area contributed by atoms with Crippen LogP contribution in [0.25, 0.3) is 0 Å². The normalized spacial score (nSPS) is 16.5. The first kappa shape index (κ1) is 18.9. The van der Waals surface area contributed by atoms with Crippen molar-refractivity contribution in [1.82, 2.24) is 9.62 Å². The molecule has 1 aliphatic heterocycles. The Bertz CT molecular complexity index is 786. The maximum atomic E-state index is 12.6. The molecular weight excluding hydrogens is 348 g/mol. The van der Waals surface area contributed by atoms with Crippen LogP contribution in [-0.2, 0) is 10.0 Å². The van der Waals surface area contributed by atoms with Gasteiger partial charge in [0.05, 0.1) is 11.5 Å². The van der Waals surface area contributed by atoms with Crippen molar-refractivity contribution in [2.24, 2.45) is 0 Å². The van der Waals surface area contributed by atoms with E-state index < -0.39 is 10.0 Å². The highest BCUT2D eigenvalue weighted by Crippen LogP contribution is 2.26. The average molecular weight is 375 g/mol. The third-order valence-electron chi connectivity index (χ3n) is 4.68. The molecule has 3 rings (SSSR count). The second-order valence-corrected chi connectivity index (χ2v) is 8.19. The quantitative estimate of drug-likeness (QED) is 0.771. The summed E-state index contributed by atoms with van der Waals surface area (Å²) in [5, 5.41) is 0. The van der Waals surface area contributed by atoms with Crippen LogP contribution in [-0.4, -0.2) is 39.6 Å². The van der Waals surface area contributed by atoms with Gasteiger partial charge in [0, 0.05) is 12.6 Å². The lowest BCUT2D eigenvalue weighted by atomic mass is 10.1. The summed E-state index contributed by atoms with van der Waals surface area (Å²) in [5.74, 6) is 0.835. The molecule has 0 saturated carbocycles. The predicted molar refractivity (Wildman–Crippen MR) is 103 cm³/mol. The maximum absolute atomic E-state index is 12.6. The highest BCUT2D eigenvalue weighted by Gasteiger charge is 2.25. The molecule has 0 aromatic heterocycles. The first-order chi connectivity index (χ1) is 12.6. The van der Waals surface area contributed by atoms with Crippen molar-refractivity contribution in [3.05, 3.63) is 60.2 Å². The highest BCUT2D eigenvalue weighted by atomic mass is 32.2. The van der Waals surface area contributed by atoms with Crippen LogP contribution in [0.1, 0.15) is 31.4 Å². The molecule has 1 fully saturated rings. The van der Waals surface area contributed by atoms with E-state index in [1.165, 1.54) is 0 Å². The average Bonchev–Trinajstić information content (AvgIpc) is 3.18. The smallest absolute Gasteiger partial charge is 0.240 e. The molecule has 26 heavy (non-hydrogen) atoms. The molecule has 1 N–H and O–H groups in total. The first-order valence-electron chi connectivity index (χ1n) is 9.11. The van der Waals surface area contributed by atoms with E-state index >= 15 is 0 Å². The molecule has 2 aromatic carbocycles. The molecule has 1 atom stereocenters. The second kappa shape index (κ2) is 8.66. The molecule has 1 heterocycles. The van der Waals surface area contributed by atoms with Gasteiger partial charge in [0.2, 0.25) is 10.0 Å². The Balaban J connectivity index is 1.76. The molecule has 0 bridgehead atoms. The van der Waals surface area contributed by atoms with Crippen LogP contribution in [0.4, 0.5) is 0 Å². The lowest BCUT2D eigenvalue weighted by molar-refractivity contribution is 0.246. The van der Waals surface area contributed by atoms with Crippen molar-refractivity contribution in [3.63, 3.8) is 0 Å². The topological polar surface area (TPSA) is 58.6 Å². The van der Waals surface area contributed by atoms with Gasteiger partial charge in [-0.25, -0.2) is 13.1 Å². The number of likely N-dealkylation sites (tertiary alicyclic amines) is 1. The largest absolute Gasteiger partial charge is 0.494 e. The van der Waals surface area contributed by atoms with Crippen LogP contribution >= 0.6 is 0 Å². The summed E-state index contributed by atoms with van der Waals surface area (Å²) in [5.41, 5.74) is 1.10. The molecule has 0 radical (unpaired) electrons. The Morgan fingerprint density at radius 1 is 1.04 bits per heavy atom. The summed E-state index contributed by atoms with van der Waals surface area (Å²) < 4.78 is 33.4. The zero-order valence-electron chi connectivity index (χ0n) is 15.1. The highest BCUT2D eigenvalue weighted by molar-refractivity contribution is 7.89. The molecule has 6 heteroatoms. The van der Waals surface area contributed by atoms with Gasteiger partial charge in [-0.2, -0.15) is 0 Å². The molecule has 5 nitrogen and oxygen atoms in total. The standard InChI is InChI=1S/C20H26N2O3S/c1-2-25-18-12-10-17(11-13-18)20(22-14-6-7-15-22)16-21-26(23,24)19-8-4-3-5-9-19/h3-5,8-13,20-21H,2,6-7,14-16H2,1H3. The van der Waals surface area contributed by atoms with Crippen molar-refractivity contribution in [3.8, 4) is 5.75 Å². The van der Waals surface area contributed by atoms with Crippen molar-refractivity contribution in [2.75, 3.05) is 26.2 Å². The number of benzene rings is 2. The van der Waals surface area contributed by atoms with E-state index in [9.17, 15) is 8.42 Å². The molecule has 140 valence electrons. The van der Waals surface area contributed by atoms with Crippen LogP contribution in [0.2, 0.25) is 0 Å². The minimum atomic E-state index is -3.51. The Kier molecular flexibility index (Phi) is 6.29. The summed E-state index contributed by atoms with van der Waals surface area (Å²) in [6, 6.07) is 16.5. The van der Waals surface area contributed by atoms with Gasteiger partial charge in [0.25, 0.3) is 0 Å².